The highest BCUT2D eigenvalue weighted by molar-refractivity contribution is 6.04. The summed E-state index contributed by atoms with van der Waals surface area (Å²) in [7, 11) is 3.23. The van der Waals surface area contributed by atoms with Crippen molar-refractivity contribution >= 4 is 22.6 Å². The summed E-state index contributed by atoms with van der Waals surface area (Å²) in [5.41, 5.74) is 0.162. The number of phenolic OH excluding ortho intramolecular Hbond substituents is 1. The zero-order valence-electron chi connectivity index (χ0n) is 11.4. The predicted molar refractivity (Wildman–Crippen MR) is 76.6 cm³/mol. The summed E-state index contributed by atoms with van der Waals surface area (Å²) in [5, 5.41) is 14.1. The van der Waals surface area contributed by atoms with Gasteiger partial charge in [-0.25, -0.2) is 0 Å². The molecule has 2 amide bonds. The molecular weight excluding hydrogens is 256 g/mol. The van der Waals surface area contributed by atoms with Crippen molar-refractivity contribution in [2.24, 2.45) is 0 Å². The molecule has 0 aliphatic rings. The summed E-state index contributed by atoms with van der Waals surface area (Å²) in [6, 6.07) is 10.6. The monoisotopic (exact) mass is 272 g/mol. The maximum atomic E-state index is 12.0. The highest BCUT2D eigenvalue weighted by Gasteiger charge is 2.14. The third-order valence-corrected chi connectivity index (χ3v) is 3.04. The van der Waals surface area contributed by atoms with Crippen LogP contribution in [0.15, 0.2) is 36.4 Å². The standard InChI is InChI=1S/C15H16N2O3/c1-17(2)13(18)9-16-15(20)12-8-7-10-5-3-4-6-11(10)14(12)19/h3-8,19H,9H2,1-2H3,(H,16,20). The van der Waals surface area contributed by atoms with Gasteiger partial charge in [0.1, 0.15) is 5.75 Å². The molecule has 0 saturated heterocycles. The molecule has 0 fully saturated rings. The van der Waals surface area contributed by atoms with Crippen LogP contribution in [-0.4, -0.2) is 42.5 Å². The number of hydrogen-bond acceptors (Lipinski definition) is 3. The van der Waals surface area contributed by atoms with Crippen LogP contribution >= 0.6 is 0 Å². The van der Waals surface area contributed by atoms with Gasteiger partial charge in [-0.2, -0.15) is 0 Å². The Kier molecular flexibility index (Phi) is 3.89. The first kappa shape index (κ1) is 13.9. The molecule has 2 rings (SSSR count). The Labute approximate surface area is 116 Å². The molecule has 0 aliphatic carbocycles. The molecule has 0 heterocycles. The van der Waals surface area contributed by atoms with Gasteiger partial charge in [0.15, 0.2) is 0 Å². The van der Waals surface area contributed by atoms with Crippen molar-refractivity contribution in [2.45, 2.75) is 0 Å². The maximum Gasteiger partial charge on any atom is 0.255 e. The molecule has 0 unspecified atom stereocenters. The number of amides is 2. The number of rotatable bonds is 3. The molecule has 5 nitrogen and oxygen atoms in total. The average Bonchev–Trinajstić information content (AvgIpc) is 2.45. The van der Waals surface area contributed by atoms with E-state index in [-0.39, 0.29) is 23.8 Å². The van der Waals surface area contributed by atoms with Gasteiger partial charge >= 0.3 is 0 Å². The third kappa shape index (κ3) is 2.71. The molecule has 0 atom stereocenters. The highest BCUT2D eigenvalue weighted by Crippen LogP contribution is 2.28. The molecule has 20 heavy (non-hydrogen) atoms. The van der Waals surface area contributed by atoms with E-state index in [9.17, 15) is 14.7 Å². The molecule has 2 aromatic carbocycles. The summed E-state index contributed by atoms with van der Waals surface area (Å²) in [4.78, 5) is 24.8. The lowest BCUT2D eigenvalue weighted by molar-refractivity contribution is -0.127. The van der Waals surface area contributed by atoms with Crippen molar-refractivity contribution < 1.29 is 14.7 Å². The molecule has 0 radical (unpaired) electrons. The number of carbonyl (C=O) groups is 2. The Bertz CT molecular complexity index is 665. The van der Waals surface area contributed by atoms with Crippen LogP contribution in [0.2, 0.25) is 0 Å². The fourth-order valence-corrected chi connectivity index (χ4v) is 1.85. The molecule has 0 aliphatic heterocycles. The summed E-state index contributed by atoms with van der Waals surface area (Å²) in [5.74, 6) is -0.750. The Morgan fingerprint density at radius 1 is 1.15 bits per heavy atom. The fourth-order valence-electron chi connectivity index (χ4n) is 1.85. The SMILES string of the molecule is CN(C)C(=O)CNC(=O)c1ccc2ccccc2c1O. The van der Waals surface area contributed by atoms with Crippen LogP contribution in [-0.2, 0) is 4.79 Å². The molecule has 0 aromatic heterocycles. The van der Waals surface area contributed by atoms with Crippen LogP contribution in [0.5, 0.6) is 5.75 Å². The number of likely N-dealkylation sites (N-methyl/N-ethyl adjacent to an activating group) is 1. The summed E-state index contributed by atoms with van der Waals surface area (Å²) in [6.07, 6.45) is 0. The van der Waals surface area contributed by atoms with Gasteiger partial charge in [-0.1, -0.05) is 30.3 Å². The summed E-state index contributed by atoms with van der Waals surface area (Å²) < 4.78 is 0. The average molecular weight is 272 g/mol. The maximum absolute atomic E-state index is 12.0. The van der Waals surface area contributed by atoms with Crippen LogP contribution in [0.25, 0.3) is 10.8 Å². The lowest BCUT2D eigenvalue weighted by Crippen LogP contribution is -2.36. The second-order valence-corrected chi connectivity index (χ2v) is 4.65. The zero-order valence-corrected chi connectivity index (χ0v) is 11.4. The highest BCUT2D eigenvalue weighted by atomic mass is 16.3. The number of aromatic hydroxyl groups is 1. The summed E-state index contributed by atoms with van der Waals surface area (Å²) >= 11 is 0. The lowest BCUT2D eigenvalue weighted by Gasteiger charge is -2.12. The van der Waals surface area contributed by atoms with E-state index in [0.717, 1.165) is 5.39 Å². The number of benzene rings is 2. The molecule has 104 valence electrons. The second kappa shape index (κ2) is 5.61. The van der Waals surface area contributed by atoms with Gasteiger partial charge in [0, 0.05) is 19.5 Å². The van der Waals surface area contributed by atoms with Gasteiger partial charge in [0.2, 0.25) is 5.91 Å². The number of phenols is 1. The second-order valence-electron chi connectivity index (χ2n) is 4.65. The van der Waals surface area contributed by atoms with Crippen molar-refractivity contribution in [1.29, 1.82) is 0 Å². The molecule has 0 saturated carbocycles. The topological polar surface area (TPSA) is 69.6 Å². The van der Waals surface area contributed by atoms with Crippen molar-refractivity contribution in [3.8, 4) is 5.75 Å². The number of hydrogen-bond donors (Lipinski definition) is 2. The number of nitrogens with zero attached hydrogens (tertiary/aromatic N) is 1. The number of nitrogens with one attached hydrogen (secondary N) is 1. The van der Waals surface area contributed by atoms with Gasteiger partial charge in [0.25, 0.3) is 5.91 Å². The molecule has 2 aromatic rings. The molecular formula is C15H16N2O3. The number of carbonyl (C=O) groups excluding carboxylic acids is 2. The van der Waals surface area contributed by atoms with Crippen LogP contribution in [0, 0.1) is 0 Å². The fraction of sp³-hybridized carbons (Fsp3) is 0.200. The largest absolute Gasteiger partial charge is 0.506 e. The molecule has 0 bridgehead atoms. The summed E-state index contributed by atoms with van der Waals surface area (Å²) in [6.45, 7) is -0.0991. The van der Waals surface area contributed by atoms with Crippen LogP contribution in [0.1, 0.15) is 10.4 Å². The van der Waals surface area contributed by atoms with E-state index < -0.39 is 5.91 Å². The van der Waals surface area contributed by atoms with E-state index in [4.69, 9.17) is 0 Å². The van der Waals surface area contributed by atoms with E-state index in [2.05, 4.69) is 5.32 Å². The van der Waals surface area contributed by atoms with Gasteiger partial charge < -0.3 is 15.3 Å². The van der Waals surface area contributed by atoms with Gasteiger partial charge in [-0.3, -0.25) is 9.59 Å². The Hall–Kier alpha value is -2.56. The normalized spacial score (nSPS) is 10.3. The first-order valence-electron chi connectivity index (χ1n) is 6.20. The Morgan fingerprint density at radius 2 is 1.85 bits per heavy atom. The minimum absolute atomic E-state index is 0.0714. The smallest absolute Gasteiger partial charge is 0.255 e. The quantitative estimate of drug-likeness (QED) is 0.886. The van der Waals surface area contributed by atoms with Crippen LogP contribution in [0.3, 0.4) is 0 Å². The van der Waals surface area contributed by atoms with E-state index in [1.807, 2.05) is 12.1 Å². The van der Waals surface area contributed by atoms with E-state index in [0.29, 0.717) is 5.39 Å². The van der Waals surface area contributed by atoms with Crippen molar-refractivity contribution in [1.82, 2.24) is 10.2 Å². The van der Waals surface area contributed by atoms with Gasteiger partial charge in [-0.15, -0.1) is 0 Å². The minimum Gasteiger partial charge on any atom is -0.506 e. The molecule has 0 spiro atoms. The Morgan fingerprint density at radius 3 is 2.55 bits per heavy atom. The molecule has 5 heteroatoms. The van der Waals surface area contributed by atoms with Crippen molar-refractivity contribution in [3.63, 3.8) is 0 Å². The zero-order chi connectivity index (χ0) is 14.7. The van der Waals surface area contributed by atoms with E-state index >= 15 is 0 Å². The Balaban J connectivity index is 2.22. The van der Waals surface area contributed by atoms with E-state index in [1.54, 1.807) is 38.4 Å². The van der Waals surface area contributed by atoms with Crippen molar-refractivity contribution in [2.75, 3.05) is 20.6 Å². The van der Waals surface area contributed by atoms with Crippen LogP contribution in [0.4, 0.5) is 0 Å². The first-order chi connectivity index (χ1) is 9.50. The predicted octanol–water partition coefficient (Wildman–Crippen LogP) is 1.36. The third-order valence-electron chi connectivity index (χ3n) is 3.04. The van der Waals surface area contributed by atoms with Crippen LogP contribution < -0.4 is 5.32 Å². The van der Waals surface area contributed by atoms with Crippen molar-refractivity contribution in [3.05, 3.63) is 42.0 Å². The van der Waals surface area contributed by atoms with Gasteiger partial charge in [-0.05, 0) is 11.5 Å². The minimum atomic E-state index is -0.469. The van der Waals surface area contributed by atoms with E-state index in [1.165, 1.54) is 4.90 Å². The number of fused-ring (bicyclic) bond motifs is 1. The lowest BCUT2D eigenvalue weighted by atomic mass is 10.0. The molecule has 2 N–H and O–H groups in total. The first-order valence-corrected chi connectivity index (χ1v) is 6.20. The van der Waals surface area contributed by atoms with Gasteiger partial charge in [0.05, 0.1) is 12.1 Å².